The van der Waals surface area contributed by atoms with E-state index < -0.39 is 0 Å². The number of carbonyl (C=O) groups is 1. The molecule has 0 radical (unpaired) electrons. The van der Waals surface area contributed by atoms with Gasteiger partial charge in [-0.25, -0.2) is 0 Å². The molecule has 5 heteroatoms. The number of aromatic hydroxyl groups is 1. The number of nitrogen functional groups attached to an aromatic ring is 1. The lowest BCUT2D eigenvalue weighted by molar-refractivity contribution is 0.103. The monoisotopic (exact) mass is 325 g/mol. The van der Waals surface area contributed by atoms with Crippen LogP contribution in [0.5, 0.6) is 5.75 Å². The molecule has 3 N–H and O–H groups in total. The van der Waals surface area contributed by atoms with E-state index in [2.05, 4.69) is 15.9 Å². The highest BCUT2D eigenvalue weighted by molar-refractivity contribution is 9.10. The highest BCUT2D eigenvalue weighted by Gasteiger charge is 2.14. The fourth-order valence-electron chi connectivity index (χ4n) is 1.50. The molecule has 0 unspecified atom stereocenters. The Morgan fingerprint density at radius 3 is 2.44 bits per heavy atom. The van der Waals surface area contributed by atoms with E-state index in [1.54, 1.807) is 18.2 Å². The lowest BCUT2D eigenvalue weighted by Crippen LogP contribution is -2.03. The molecule has 0 aliphatic carbocycles. The van der Waals surface area contributed by atoms with E-state index >= 15 is 0 Å². The zero-order valence-corrected chi connectivity index (χ0v) is 11.5. The van der Waals surface area contributed by atoms with Crippen molar-refractivity contribution in [1.82, 2.24) is 0 Å². The number of anilines is 1. The van der Waals surface area contributed by atoms with Gasteiger partial charge in [-0.05, 0) is 52.3 Å². The zero-order chi connectivity index (χ0) is 13.3. The molecule has 0 saturated heterocycles. The fourth-order valence-corrected chi connectivity index (χ4v) is 2.21. The van der Waals surface area contributed by atoms with Crippen LogP contribution in [0.15, 0.2) is 40.9 Å². The van der Waals surface area contributed by atoms with Crippen LogP contribution < -0.4 is 5.73 Å². The van der Waals surface area contributed by atoms with Crippen molar-refractivity contribution in [1.29, 1.82) is 0 Å². The van der Waals surface area contributed by atoms with Crippen molar-refractivity contribution < 1.29 is 9.90 Å². The molecular weight excluding hydrogens is 318 g/mol. The van der Waals surface area contributed by atoms with Crippen LogP contribution in [0, 0.1) is 0 Å². The van der Waals surface area contributed by atoms with Crippen molar-refractivity contribution in [3.8, 4) is 5.75 Å². The van der Waals surface area contributed by atoms with Gasteiger partial charge in [-0.1, -0.05) is 11.6 Å². The van der Waals surface area contributed by atoms with Crippen molar-refractivity contribution in [3.05, 3.63) is 57.0 Å². The van der Waals surface area contributed by atoms with Crippen LogP contribution in [0.1, 0.15) is 15.9 Å². The Morgan fingerprint density at radius 2 is 1.83 bits per heavy atom. The van der Waals surface area contributed by atoms with E-state index in [1.165, 1.54) is 18.2 Å². The number of phenolic OH excluding ortho intramolecular Hbond substituents is 1. The minimum atomic E-state index is -0.191. The molecule has 92 valence electrons. The van der Waals surface area contributed by atoms with Gasteiger partial charge in [-0.3, -0.25) is 4.79 Å². The smallest absolute Gasteiger partial charge is 0.194 e. The van der Waals surface area contributed by atoms with E-state index in [4.69, 9.17) is 17.3 Å². The summed E-state index contributed by atoms with van der Waals surface area (Å²) < 4.78 is 0.586. The Kier molecular flexibility index (Phi) is 3.59. The highest BCUT2D eigenvalue weighted by Crippen LogP contribution is 2.29. The van der Waals surface area contributed by atoms with E-state index in [9.17, 15) is 9.90 Å². The summed E-state index contributed by atoms with van der Waals surface area (Å²) in [5.74, 6) is -0.0790. The third kappa shape index (κ3) is 2.49. The number of phenols is 1. The third-order valence-corrected chi connectivity index (χ3v) is 3.44. The molecule has 2 rings (SSSR count). The molecule has 0 bridgehead atoms. The van der Waals surface area contributed by atoms with Crippen molar-refractivity contribution in [2.24, 2.45) is 0 Å². The molecule has 2 aromatic carbocycles. The van der Waals surface area contributed by atoms with Gasteiger partial charge in [-0.15, -0.1) is 0 Å². The molecule has 0 spiro atoms. The second-order valence-electron chi connectivity index (χ2n) is 3.73. The summed E-state index contributed by atoms with van der Waals surface area (Å²) in [7, 11) is 0. The number of carbonyl (C=O) groups excluding carboxylic acids is 1. The summed E-state index contributed by atoms with van der Waals surface area (Å²) >= 11 is 9.19. The molecule has 0 aliphatic heterocycles. The Bertz CT molecular complexity index is 611. The van der Waals surface area contributed by atoms with E-state index in [0.29, 0.717) is 26.3 Å². The van der Waals surface area contributed by atoms with Crippen LogP contribution in [0.4, 0.5) is 5.69 Å². The number of ketones is 1. The van der Waals surface area contributed by atoms with Gasteiger partial charge in [0.15, 0.2) is 5.78 Å². The van der Waals surface area contributed by atoms with E-state index in [1.807, 2.05) is 0 Å². The van der Waals surface area contributed by atoms with Crippen LogP contribution in [0.3, 0.4) is 0 Å². The van der Waals surface area contributed by atoms with Gasteiger partial charge in [0.2, 0.25) is 0 Å². The summed E-state index contributed by atoms with van der Waals surface area (Å²) in [5.41, 5.74) is 6.95. The standard InChI is InChI=1S/C13H9BrClNO2/c14-10-6-12(16)11(15)5-9(10)13(18)7-1-3-8(17)4-2-7/h1-6,17H,16H2. The minimum Gasteiger partial charge on any atom is -0.508 e. The Hall–Kier alpha value is -1.52. The number of benzene rings is 2. The molecule has 0 aromatic heterocycles. The number of hydrogen-bond acceptors (Lipinski definition) is 3. The SMILES string of the molecule is Nc1cc(Br)c(C(=O)c2ccc(O)cc2)cc1Cl. The summed E-state index contributed by atoms with van der Waals surface area (Å²) in [6.45, 7) is 0. The van der Waals surface area contributed by atoms with Crippen LogP contribution in [0.25, 0.3) is 0 Å². The van der Waals surface area contributed by atoms with Crippen LogP contribution in [0.2, 0.25) is 5.02 Å². The topological polar surface area (TPSA) is 63.3 Å². The van der Waals surface area contributed by atoms with E-state index in [-0.39, 0.29) is 11.5 Å². The summed E-state index contributed by atoms with van der Waals surface area (Å²) in [4.78, 5) is 12.2. The number of nitrogens with two attached hydrogens (primary N) is 1. The Balaban J connectivity index is 2.46. The third-order valence-electron chi connectivity index (χ3n) is 2.46. The van der Waals surface area contributed by atoms with Gasteiger partial charge >= 0.3 is 0 Å². The van der Waals surface area contributed by atoms with Crippen molar-refractivity contribution >= 4 is 39.0 Å². The Morgan fingerprint density at radius 1 is 1.22 bits per heavy atom. The maximum Gasteiger partial charge on any atom is 0.194 e. The molecule has 0 atom stereocenters. The molecule has 3 nitrogen and oxygen atoms in total. The molecular formula is C13H9BrClNO2. The molecule has 0 amide bonds. The quantitative estimate of drug-likeness (QED) is 0.654. The minimum absolute atomic E-state index is 0.112. The van der Waals surface area contributed by atoms with Gasteiger partial charge in [0.1, 0.15) is 5.75 Å². The maximum absolute atomic E-state index is 12.2. The molecule has 0 fully saturated rings. The van der Waals surface area contributed by atoms with Gasteiger partial charge in [0.05, 0.1) is 10.7 Å². The molecule has 18 heavy (non-hydrogen) atoms. The first-order valence-corrected chi connectivity index (χ1v) is 6.24. The molecule has 0 aliphatic rings. The fraction of sp³-hybridized carbons (Fsp3) is 0. The first kappa shape index (κ1) is 12.9. The van der Waals surface area contributed by atoms with Crippen molar-refractivity contribution in [2.75, 3.05) is 5.73 Å². The van der Waals surface area contributed by atoms with Crippen molar-refractivity contribution in [2.45, 2.75) is 0 Å². The largest absolute Gasteiger partial charge is 0.508 e. The van der Waals surface area contributed by atoms with Crippen LogP contribution >= 0.6 is 27.5 Å². The predicted octanol–water partition coefficient (Wildman–Crippen LogP) is 3.62. The maximum atomic E-state index is 12.2. The molecule has 0 heterocycles. The van der Waals surface area contributed by atoms with Gasteiger partial charge in [0.25, 0.3) is 0 Å². The summed E-state index contributed by atoms with van der Waals surface area (Å²) in [6.07, 6.45) is 0. The van der Waals surface area contributed by atoms with Crippen LogP contribution in [-0.4, -0.2) is 10.9 Å². The average Bonchev–Trinajstić information content (AvgIpc) is 2.34. The van der Waals surface area contributed by atoms with Crippen LogP contribution in [-0.2, 0) is 0 Å². The number of rotatable bonds is 2. The predicted molar refractivity (Wildman–Crippen MR) is 75.1 cm³/mol. The summed E-state index contributed by atoms with van der Waals surface area (Å²) in [6, 6.07) is 9.13. The zero-order valence-electron chi connectivity index (χ0n) is 9.15. The van der Waals surface area contributed by atoms with Crippen molar-refractivity contribution in [3.63, 3.8) is 0 Å². The Labute approximate surface area is 117 Å². The van der Waals surface area contributed by atoms with Gasteiger partial charge in [-0.2, -0.15) is 0 Å². The number of hydrogen-bond donors (Lipinski definition) is 2. The average molecular weight is 327 g/mol. The second kappa shape index (κ2) is 5.00. The number of halogens is 2. The first-order valence-electron chi connectivity index (χ1n) is 5.07. The summed E-state index contributed by atoms with van der Waals surface area (Å²) in [5, 5.41) is 9.52. The van der Waals surface area contributed by atoms with Gasteiger partial charge < -0.3 is 10.8 Å². The highest BCUT2D eigenvalue weighted by atomic mass is 79.9. The normalized spacial score (nSPS) is 10.3. The first-order chi connectivity index (χ1) is 8.49. The molecule has 0 saturated carbocycles. The van der Waals surface area contributed by atoms with E-state index in [0.717, 1.165) is 0 Å². The second-order valence-corrected chi connectivity index (χ2v) is 4.99. The van der Waals surface area contributed by atoms with Gasteiger partial charge in [0, 0.05) is 15.6 Å². The lowest BCUT2D eigenvalue weighted by atomic mass is 10.0. The lowest BCUT2D eigenvalue weighted by Gasteiger charge is -2.07. The molecule has 2 aromatic rings.